The van der Waals surface area contributed by atoms with Crippen molar-refractivity contribution in [3.63, 3.8) is 0 Å². The van der Waals surface area contributed by atoms with Crippen LogP contribution in [0.3, 0.4) is 0 Å². The summed E-state index contributed by atoms with van der Waals surface area (Å²) >= 11 is 0. The molecular formula is C10H17N5O. The summed E-state index contributed by atoms with van der Waals surface area (Å²) in [5, 5.41) is 13.3. The molecule has 4 N–H and O–H groups in total. The Hall–Kier alpha value is -1.69. The Morgan fingerprint density at radius 3 is 2.75 bits per heavy atom. The molecule has 1 unspecified atom stereocenters. The van der Waals surface area contributed by atoms with Crippen molar-refractivity contribution in [3.05, 3.63) is 17.8 Å². The van der Waals surface area contributed by atoms with Crippen molar-refractivity contribution in [1.29, 1.82) is 0 Å². The van der Waals surface area contributed by atoms with Crippen molar-refractivity contribution in [2.75, 3.05) is 25.5 Å². The van der Waals surface area contributed by atoms with Crippen molar-refractivity contribution in [2.45, 2.75) is 6.92 Å². The maximum atomic E-state index is 11.2. The molecule has 0 bridgehead atoms. The molecule has 0 spiro atoms. The van der Waals surface area contributed by atoms with Crippen molar-refractivity contribution < 1.29 is 4.79 Å². The van der Waals surface area contributed by atoms with E-state index in [0.717, 1.165) is 6.54 Å². The molecule has 6 nitrogen and oxygen atoms in total. The van der Waals surface area contributed by atoms with E-state index in [4.69, 9.17) is 5.73 Å². The lowest BCUT2D eigenvalue weighted by Crippen LogP contribution is -2.21. The number of carbonyl (C=O) groups is 1. The van der Waals surface area contributed by atoms with Crippen molar-refractivity contribution >= 4 is 11.7 Å². The van der Waals surface area contributed by atoms with Crippen LogP contribution in [0, 0.1) is 5.92 Å². The molecule has 1 amide bonds. The second kappa shape index (κ2) is 6.02. The molecule has 0 aromatic carbocycles. The van der Waals surface area contributed by atoms with Gasteiger partial charge in [0.25, 0.3) is 5.91 Å². The molecule has 1 rings (SSSR count). The third-order valence-electron chi connectivity index (χ3n) is 2.16. The van der Waals surface area contributed by atoms with E-state index in [0.29, 0.717) is 24.0 Å². The van der Waals surface area contributed by atoms with Gasteiger partial charge in [-0.05, 0) is 24.6 Å². The first-order valence-corrected chi connectivity index (χ1v) is 5.17. The number of hydrogen-bond donors (Lipinski definition) is 3. The molecule has 0 aliphatic heterocycles. The standard InChI is InChI=1S/C10H17N5O/c1-7(5-11)6-13-9-4-3-8(14-15-9)10(16)12-2/h3-4,7H,5-6,11H2,1-2H3,(H,12,16)(H,13,15). The van der Waals surface area contributed by atoms with Gasteiger partial charge in [-0.25, -0.2) is 0 Å². The highest BCUT2D eigenvalue weighted by Crippen LogP contribution is 2.03. The van der Waals surface area contributed by atoms with E-state index in [2.05, 4.69) is 20.8 Å². The van der Waals surface area contributed by atoms with E-state index in [1.54, 1.807) is 19.2 Å². The molecule has 1 heterocycles. The third-order valence-corrected chi connectivity index (χ3v) is 2.16. The third kappa shape index (κ3) is 3.47. The first-order valence-electron chi connectivity index (χ1n) is 5.17. The predicted molar refractivity (Wildman–Crippen MR) is 62.1 cm³/mol. The van der Waals surface area contributed by atoms with Gasteiger partial charge in [0.1, 0.15) is 5.82 Å². The molecule has 0 radical (unpaired) electrons. The lowest BCUT2D eigenvalue weighted by molar-refractivity contribution is 0.0957. The van der Waals surface area contributed by atoms with Gasteiger partial charge < -0.3 is 16.4 Å². The molecule has 6 heteroatoms. The number of aromatic nitrogens is 2. The summed E-state index contributed by atoms with van der Waals surface area (Å²) in [6.07, 6.45) is 0. The fraction of sp³-hybridized carbons (Fsp3) is 0.500. The van der Waals surface area contributed by atoms with Crippen LogP contribution in [0.15, 0.2) is 12.1 Å². The Bertz CT molecular complexity index is 338. The Kier molecular flexibility index (Phi) is 4.65. The zero-order valence-corrected chi connectivity index (χ0v) is 9.53. The quantitative estimate of drug-likeness (QED) is 0.645. The van der Waals surface area contributed by atoms with Gasteiger partial charge in [-0.3, -0.25) is 4.79 Å². The molecule has 1 atom stereocenters. The van der Waals surface area contributed by atoms with Crippen molar-refractivity contribution in [2.24, 2.45) is 11.7 Å². The van der Waals surface area contributed by atoms with E-state index in [-0.39, 0.29) is 5.91 Å². The maximum Gasteiger partial charge on any atom is 0.271 e. The molecule has 88 valence electrons. The molecule has 1 aromatic heterocycles. The van der Waals surface area contributed by atoms with E-state index in [1.165, 1.54) is 0 Å². The minimum Gasteiger partial charge on any atom is -0.368 e. The van der Waals surface area contributed by atoms with Crippen molar-refractivity contribution in [3.8, 4) is 0 Å². The molecule has 16 heavy (non-hydrogen) atoms. The smallest absolute Gasteiger partial charge is 0.271 e. The molecule has 0 saturated carbocycles. The highest BCUT2D eigenvalue weighted by Gasteiger charge is 2.05. The van der Waals surface area contributed by atoms with Crippen LogP contribution in [0.2, 0.25) is 0 Å². The number of nitrogens with zero attached hydrogens (tertiary/aromatic N) is 2. The molecule has 0 aliphatic carbocycles. The van der Waals surface area contributed by atoms with Gasteiger partial charge >= 0.3 is 0 Å². The normalized spacial score (nSPS) is 11.9. The maximum absolute atomic E-state index is 11.2. The Labute approximate surface area is 94.6 Å². The number of carbonyl (C=O) groups excluding carboxylic acids is 1. The lowest BCUT2D eigenvalue weighted by atomic mass is 10.2. The minimum absolute atomic E-state index is 0.241. The second-order valence-corrected chi connectivity index (χ2v) is 3.60. The summed E-state index contributed by atoms with van der Waals surface area (Å²) in [7, 11) is 1.55. The zero-order chi connectivity index (χ0) is 12.0. The molecular weight excluding hydrogens is 206 g/mol. The summed E-state index contributed by atoms with van der Waals surface area (Å²) in [4.78, 5) is 11.2. The monoisotopic (exact) mass is 223 g/mol. The van der Waals surface area contributed by atoms with E-state index in [9.17, 15) is 4.79 Å². The van der Waals surface area contributed by atoms with Crippen LogP contribution in [-0.4, -0.2) is 36.2 Å². The van der Waals surface area contributed by atoms with Gasteiger partial charge in [-0.2, -0.15) is 0 Å². The zero-order valence-electron chi connectivity index (χ0n) is 9.53. The molecule has 0 saturated heterocycles. The van der Waals surface area contributed by atoms with Gasteiger partial charge in [0.15, 0.2) is 5.69 Å². The van der Waals surface area contributed by atoms with Crippen LogP contribution in [0.5, 0.6) is 0 Å². The summed E-state index contributed by atoms with van der Waals surface area (Å²) in [6.45, 7) is 3.40. The largest absolute Gasteiger partial charge is 0.368 e. The minimum atomic E-state index is -0.241. The van der Waals surface area contributed by atoms with Gasteiger partial charge in [0.05, 0.1) is 0 Å². The van der Waals surface area contributed by atoms with Crippen LogP contribution in [0.25, 0.3) is 0 Å². The molecule has 0 fully saturated rings. The van der Waals surface area contributed by atoms with Gasteiger partial charge in [0, 0.05) is 13.6 Å². The van der Waals surface area contributed by atoms with E-state index in [1.807, 2.05) is 6.92 Å². The van der Waals surface area contributed by atoms with Gasteiger partial charge in [-0.1, -0.05) is 6.92 Å². The number of anilines is 1. The van der Waals surface area contributed by atoms with Gasteiger partial charge in [-0.15, -0.1) is 10.2 Å². The van der Waals surface area contributed by atoms with E-state index >= 15 is 0 Å². The second-order valence-electron chi connectivity index (χ2n) is 3.60. The summed E-state index contributed by atoms with van der Waals surface area (Å²) in [6, 6.07) is 3.35. The van der Waals surface area contributed by atoms with Crippen LogP contribution < -0.4 is 16.4 Å². The average Bonchev–Trinajstić information content (AvgIpc) is 2.35. The van der Waals surface area contributed by atoms with Crippen LogP contribution in [0.4, 0.5) is 5.82 Å². The number of amides is 1. The molecule has 1 aromatic rings. The molecule has 0 aliphatic rings. The predicted octanol–water partition coefficient (Wildman–Crippen LogP) is -0.157. The average molecular weight is 223 g/mol. The van der Waals surface area contributed by atoms with Crippen LogP contribution in [0.1, 0.15) is 17.4 Å². The first kappa shape index (κ1) is 12.4. The highest BCUT2D eigenvalue weighted by atomic mass is 16.1. The Morgan fingerprint density at radius 2 is 2.25 bits per heavy atom. The summed E-state index contributed by atoms with van der Waals surface area (Å²) < 4.78 is 0. The Balaban J connectivity index is 2.54. The number of rotatable bonds is 5. The topological polar surface area (TPSA) is 92.9 Å². The van der Waals surface area contributed by atoms with Crippen LogP contribution in [-0.2, 0) is 0 Å². The Morgan fingerprint density at radius 1 is 1.50 bits per heavy atom. The number of hydrogen-bond acceptors (Lipinski definition) is 5. The number of nitrogens with two attached hydrogens (primary N) is 1. The fourth-order valence-electron chi connectivity index (χ4n) is 1.04. The van der Waals surface area contributed by atoms with Crippen molar-refractivity contribution in [1.82, 2.24) is 15.5 Å². The fourth-order valence-corrected chi connectivity index (χ4v) is 1.04. The highest BCUT2D eigenvalue weighted by molar-refractivity contribution is 5.91. The lowest BCUT2D eigenvalue weighted by Gasteiger charge is -2.09. The SMILES string of the molecule is CNC(=O)c1ccc(NCC(C)CN)nn1. The van der Waals surface area contributed by atoms with E-state index < -0.39 is 0 Å². The van der Waals surface area contributed by atoms with Crippen LogP contribution >= 0.6 is 0 Å². The summed E-state index contributed by atoms with van der Waals surface area (Å²) in [5.74, 6) is 0.780. The first-order chi connectivity index (χ1) is 7.67. The number of nitrogens with one attached hydrogen (secondary N) is 2. The van der Waals surface area contributed by atoms with Gasteiger partial charge in [0.2, 0.25) is 0 Å². The summed E-state index contributed by atoms with van der Waals surface area (Å²) in [5.41, 5.74) is 5.79.